The number of halogens is 1. The van der Waals surface area contributed by atoms with Gasteiger partial charge in [0.15, 0.2) is 11.5 Å². The number of hydrogen-bond acceptors (Lipinski definition) is 5. The minimum atomic E-state index is 0.605. The Balaban J connectivity index is 1.96. The second-order valence-corrected chi connectivity index (χ2v) is 6.24. The summed E-state index contributed by atoms with van der Waals surface area (Å²) in [5.41, 5.74) is 6.26. The lowest BCUT2D eigenvalue weighted by atomic mass is 10.2. The van der Waals surface area contributed by atoms with Crippen molar-refractivity contribution in [3.63, 3.8) is 0 Å². The van der Waals surface area contributed by atoms with Gasteiger partial charge in [-0.1, -0.05) is 12.1 Å². The van der Waals surface area contributed by atoms with E-state index in [0.717, 1.165) is 27.0 Å². The van der Waals surface area contributed by atoms with E-state index < -0.39 is 0 Å². The molecule has 2 aromatic rings. The van der Waals surface area contributed by atoms with Crippen LogP contribution in [0.3, 0.4) is 0 Å². The third-order valence-electron chi connectivity index (χ3n) is 3.49. The van der Waals surface area contributed by atoms with Gasteiger partial charge in [-0.2, -0.15) is 5.10 Å². The monoisotopic (exact) mass is 391 g/mol. The summed E-state index contributed by atoms with van der Waals surface area (Å²) in [4.78, 5) is 2.06. The van der Waals surface area contributed by atoms with Gasteiger partial charge in [0.05, 0.1) is 32.7 Å². The highest BCUT2D eigenvalue weighted by Crippen LogP contribution is 2.27. The van der Waals surface area contributed by atoms with Crippen molar-refractivity contribution < 1.29 is 9.47 Å². The minimum Gasteiger partial charge on any atom is -0.493 e. The summed E-state index contributed by atoms with van der Waals surface area (Å²) < 4.78 is 11.6. The molecule has 0 aliphatic carbocycles. The van der Waals surface area contributed by atoms with E-state index in [1.165, 1.54) is 0 Å². The number of anilines is 1. The zero-order valence-corrected chi connectivity index (χ0v) is 15.9. The van der Waals surface area contributed by atoms with Crippen molar-refractivity contribution in [3.8, 4) is 11.5 Å². The van der Waals surface area contributed by atoms with Crippen molar-refractivity contribution in [2.45, 2.75) is 6.54 Å². The molecule has 0 bridgehead atoms. The molecule has 2 rings (SSSR count). The van der Waals surface area contributed by atoms with Crippen LogP contribution < -0.4 is 19.8 Å². The summed E-state index contributed by atoms with van der Waals surface area (Å²) in [5, 5.41) is 4.27. The Morgan fingerprint density at radius 2 is 1.83 bits per heavy atom. The maximum Gasteiger partial charge on any atom is 0.161 e. The van der Waals surface area contributed by atoms with Crippen LogP contribution in [0.2, 0.25) is 0 Å². The zero-order chi connectivity index (χ0) is 17.5. The number of hydrogen-bond donors (Lipinski definition) is 1. The number of nitrogens with zero attached hydrogens (tertiary/aromatic N) is 2. The highest BCUT2D eigenvalue weighted by molar-refractivity contribution is 9.10. The maximum atomic E-state index is 5.30. The molecule has 128 valence electrons. The van der Waals surface area contributed by atoms with Crippen LogP contribution in [-0.2, 0) is 6.54 Å². The van der Waals surface area contributed by atoms with Crippen molar-refractivity contribution in [1.29, 1.82) is 0 Å². The van der Waals surface area contributed by atoms with Gasteiger partial charge in [-0.25, -0.2) is 0 Å². The Morgan fingerprint density at radius 3 is 2.46 bits per heavy atom. The minimum absolute atomic E-state index is 0.605. The highest BCUT2D eigenvalue weighted by Gasteiger charge is 2.04. The smallest absolute Gasteiger partial charge is 0.161 e. The number of hydrazone groups is 1. The molecule has 0 aliphatic rings. The lowest BCUT2D eigenvalue weighted by molar-refractivity contribution is 0.354. The van der Waals surface area contributed by atoms with E-state index in [4.69, 9.17) is 9.47 Å². The van der Waals surface area contributed by atoms with Crippen LogP contribution in [-0.4, -0.2) is 34.5 Å². The van der Waals surface area contributed by atoms with Crippen LogP contribution >= 0.6 is 15.9 Å². The van der Waals surface area contributed by atoms with E-state index in [1.807, 2.05) is 44.4 Å². The van der Waals surface area contributed by atoms with Crippen molar-refractivity contribution in [1.82, 2.24) is 5.43 Å². The van der Waals surface area contributed by atoms with E-state index >= 15 is 0 Å². The van der Waals surface area contributed by atoms with Gasteiger partial charge in [0.1, 0.15) is 0 Å². The SMILES string of the molecule is COc1ccc(CN/N=C/c2ccc(N(C)C)c(Br)c2)cc1OC. The molecule has 1 N–H and O–H groups in total. The first-order chi connectivity index (χ1) is 11.5. The molecule has 24 heavy (non-hydrogen) atoms. The molecule has 5 nitrogen and oxygen atoms in total. The van der Waals surface area contributed by atoms with E-state index in [2.05, 4.69) is 37.4 Å². The van der Waals surface area contributed by atoms with Gasteiger partial charge >= 0.3 is 0 Å². The van der Waals surface area contributed by atoms with E-state index in [1.54, 1.807) is 20.4 Å². The second-order valence-electron chi connectivity index (χ2n) is 5.39. The summed E-state index contributed by atoms with van der Waals surface area (Å²) in [6.07, 6.45) is 1.80. The maximum absolute atomic E-state index is 5.30. The van der Waals surface area contributed by atoms with Gasteiger partial charge in [-0.05, 0) is 51.3 Å². The highest BCUT2D eigenvalue weighted by atomic mass is 79.9. The molecular formula is C18H22BrN3O2. The normalized spacial score (nSPS) is 10.7. The lowest BCUT2D eigenvalue weighted by Crippen LogP contribution is -2.09. The second kappa shape index (κ2) is 8.59. The summed E-state index contributed by atoms with van der Waals surface area (Å²) in [6, 6.07) is 11.9. The Hall–Kier alpha value is -2.21. The fourth-order valence-electron chi connectivity index (χ4n) is 2.21. The van der Waals surface area contributed by atoms with Crippen LogP contribution in [0.15, 0.2) is 46.0 Å². The van der Waals surface area contributed by atoms with Gasteiger partial charge in [0.2, 0.25) is 0 Å². The Kier molecular flexibility index (Phi) is 6.49. The van der Waals surface area contributed by atoms with Gasteiger partial charge in [0, 0.05) is 18.6 Å². The fraction of sp³-hybridized carbons (Fsp3) is 0.278. The van der Waals surface area contributed by atoms with Crippen LogP contribution in [0.1, 0.15) is 11.1 Å². The first kappa shape index (κ1) is 18.1. The van der Waals surface area contributed by atoms with Crippen molar-refractivity contribution in [2.24, 2.45) is 5.10 Å². The molecule has 0 aromatic heterocycles. The van der Waals surface area contributed by atoms with E-state index in [0.29, 0.717) is 12.3 Å². The van der Waals surface area contributed by atoms with Crippen molar-refractivity contribution in [2.75, 3.05) is 33.2 Å². The molecule has 0 amide bonds. The summed E-state index contributed by atoms with van der Waals surface area (Å²) in [6.45, 7) is 0.605. The molecule has 0 unspecified atom stereocenters. The molecule has 0 saturated heterocycles. The first-order valence-corrected chi connectivity index (χ1v) is 8.28. The summed E-state index contributed by atoms with van der Waals surface area (Å²) >= 11 is 3.57. The third kappa shape index (κ3) is 4.64. The molecule has 0 heterocycles. The van der Waals surface area contributed by atoms with Crippen molar-refractivity contribution in [3.05, 3.63) is 52.0 Å². The molecule has 2 aromatic carbocycles. The standard InChI is InChI=1S/C18H22BrN3O2/c1-22(2)16-7-5-13(9-15(16)19)11-20-21-12-14-6-8-17(23-3)18(10-14)24-4/h5-11,21H,12H2,1-4H3/b20-11+. The number of nitrogens with one attached hydrogen (secondary N) is 1. The Bertz CT molecular complexity index is 717. The number of benzene rings is 2. The van der Waals surface area contributed by atoms with Gasteiger partial charge in [-0.3, -0.25) is 0 Å². The largest absolute Gasteiger partial charge is 0.493 e. The first-order valence-electron chi connectivity index (χ1n) is 7.49. The van der Waals surface area contributed by atoms with Crippen LogP contribution in [0, 0.1) is 0 Å². The summed E-state index contributed by atoms with van der Waals surface area (Å²) in [7, 11) is 7.28. The quantitative estimate of drug-likeness (QED) is 0.577. The van der Waals surface area contributed by atoms with Gasteiger partial charge in [0.25, 0.3) is 0 Å². The Morgan fingerprint density at radius 1 is 1.08 bits per heavy atom. The van der Waals surface area contributed by atoms with Crippen LogP contribution in [0.4, 0.5) is 5.69 Å². The topological polar surface area (TPSA) is 46.1 Å². The molecule has 0 spiro atoms. The molecule has 0 atom stereocenters. The van der Waals surface area contributed by atoms with E-state index in [9.17, 15) is 0 Å². The third-order valence-corrected chi connectivity index (χ3v) is 4.12. The average molecular weight is 392 g/mol. The molecule has 0 aliphatic heterocycles. The molecular weight excluding hydrogens is 370 g/mol. The van der Waals surface area contributed by atoms with Crippen LogP contribution in [0.5, 0.6) is 11.5 Å². The zero-order valence-electron chi connectivity index (χ0n) is 14.3. The predicted octanol–water partition coefficient (Wildman–Crippen LogP) is 3.66. The fourth-order valence-corrected chi connectivity index (χ4v) is 2.96. The molecule has 6 heteroatoms. The molecule has 0 saturated carbocycles. The lowest BCUT2D eigenvalue weighted by Gasteiger charge is -2.14. The summed E-state index contributed by atoms with van der Waals surface area (Å²) in [5.74, 6) is 1.43. The molecule has 0 radical (unpaired) electrons. The van der Waals surface area contributed by atoms with E-state index in [-0.39, 0.29) is 0 Å². The predicted molar refractivity (Wildman–Crippen MR) is 102 cm³/mol. The average Bonchev–Trinajstić information content (AvgIpc) is 2.58. The van der Waals surface area contributed by atoms with Crippen molar-refractivity contribution >= 4 is 27.8 Å². The van der Waals surface area contributed by atoms with Gasteiger partial charge in [-0.15, -0.1) is 0 Å². The number of ether oxygens (including phenoxy) is 2. The van der Waals surface area contributed by atoms with Gasteiger partial charge < -0.3 is 19.8 Å². The Labute approximate surface area is 151 Å². The number of rotatable bonds is 7. The van der Waals surface area contributed by atoms with Crippen LogP contribution in [0.25, 0.3) is 0 Å². The molecule has 0 fully saturated rings. The number of methoxy groups -OCH3 is 2.